The maximum absolute atomic E-state index is 13.4. The number of hydrogen-bond acceptors (Lipinski definition) is 5. The second-order valence-corrected chi connectivity index (χ2v) is 9.76. The molecular formula is C23H26N2O3S2. The van der Waals surface area contributed by atoms with Crippen LogP contribution in [0.25, 0.3) is 0 Å². The lowest BCUT2D eigenvalue weighted by molar-refractivity contribution is -0.142. The first-order valence-corrected chi connectivity index (χ1v) is 12.1. The Bertz CT molecular complexity index is 957. The zero-order valence-corrected chi connectivity index (χ0v) is 18.6. The van der Waals surface area contributed by atoms with Crippen molar-refractivity contribution in [2.45, 2.75) is 57.7 Å². The number of nitrogens with zero attached hydrogens (tertiary/aromatic N) is 1. The van der Waals surface area contributed by atoms with Gasteiger partial charge in [0.05, 0.1) is 13.0 Å². The molecule has 0 aliphatic heterocycles. The van der Waals surface area contributed by atoms with Crippen molar-refractivity contribution in [1.82, 2.24) is 10.2 Å². The molecule has 1 unspecified atom stereocenters. The normalized spacial score (nSPS) is 15.2. The van der Waals surface area contributed by atoms with Gasteiger partial charge in [-0.2, -0.15) is 0 Å². The maximum atomic E-state index is 13.4. The third-order valence-electron chi connectivity index (χ3n) is 5.42. The van der Waals surface area contributed by atoms with E-state index in [4.69, 9.17) is 4.42 Å². The van der Waals surface area contributed by atoms with E-state index in [1.165, 1.54) is 0 Å². The summed E-state index contributed by atoms with van der Waals surface area (Å²) in [6.45, 7) is 2.23. The smallest absolute Gasteiger partial charge is 0.250 e. The van der Waals surface area contributed by atoms with Crippen LogP contribution in [0.2, 0.25) is 0 Å². The van der Waals surface area contributed by atoms with E-state index in [0.717, 1.165) is 41.2 Å². The minimum atomic E-state index is -0.783. The predicted molar refractivity (Wildman–Crippen MR) is 119 cm³/mol. The van der Waals surface area contributed by atoms with Crippen molar-refractivity contribution in [2.75, 3.05) is 0 Å². The first kappa shape index (κ1) is 20.9. The Kier molecular flexibility index (Phi) is 6.69. The van der Waals surface area contributed by atoms with E-state index in [1.807, 2.05) is 54.1 Å². The monoisotopic (exact) mass is 442 g/mol. The summed E-state index contributed by atoms with van der Waals surface area (Å²) in [7, 11) is 0. The Morgan fingerprint density at radius 2 is 1.80 bits per heavy atom. The third kappa shape index (κ3) is 5.02. The summed E-state index contributed by atoms with van der Waals surface area (Å²) in [5.41, 5.74) is 0. The highest BCUT2D eigenvalue weighted by Gasteiger charge is 2.35. The molecule has 0 spiro atoms. The number of rotatable bonds is 8. The Balaban J connectivity index is 1.65. The summed E-state index contributed by atoms with van der Waals surface area (Å²) in [4.78, 5) is 30.5. The van der Waals surface area contributed by atoms with Crippen LogP contribution in [-0.4, -0.2) is 22.8 Å². The van der Waals surface area contributed by atoms with Gasteiger partial charge in [0.1, 0.15) is 11.5 Å². The Morgan fingerprint density at radius 1 is 1.10 bits per heavy atom. The van der Waals surface area contributed by atoms with Gasteiger partial charge in [-0.25, -0.2) is 0 Å². The first-order chi connectivity index (χ1) is 14.6. The van der Waals surface area contributed by atoms with E-state index in [1.54, 1.807) is 27.6 Å². The minimum Gasteiger partial charge on any atom is -0.464 e. The van der Waals surface area contributed by atoms with Crippen LogP contribution in [0.4, 0.5) is 0 Å². The van der Waals surface area contributed by atoms with Gasteiger partial charge in [-0.1, -0.05) is 25.0 Å². The largest absolute Gasteiger partial charge is 0.464 e. The lowest BCUT2D eigenvalue weighted by atomic mass is 10.1. The average molecular weight is 443 g/mol. The molecule has 1 fully saturated rings. The molecule has 3 aromatic heterocycles. The molecule has 158 valence electrons. The molecule has 1 N–H and O–H groups in total. The van der Waals surface area contributed by atoms with Crippen LogP contribution in [0.5, 0.6) is 0 Å². The lowest BCUT2D eigenvalue weighted by Crippen LogP contribution is -2.46. The highest BCUT2D eigenvalue weighted by Crippen LogP contribution is 2.29. The van der Waals surface area contributed by atoms with Crippen molar-refractivity contribution in [3.8, 4) is 0 Å². The summed E-state index contributed by atoms with van der Waals surface area (Å²) in [5, 5.41) is 7.13. The number of amides is 2. The fourth-order valence-electron chi connectivity index (χ4n) is 3.93. The first-order valence-electron chi connectivity index (χ1n) is 10.3. The molecule has 0 aromatic carbocycles. The van der Waals surface area contributed by atoms with Crippen LogP contribution in [0, 0.1) is 6.92 Å². The highest BCUT2D eigenvalue weighted by atomic mass is 32.1. The fourth-order valence-corrected chi connectivity index (χ4v) is 5.33. The standard InChI is InChI=1S/C23H26N2O3S2/c1-16-10-11-20(28-16)22(23(27)24-17-6-2-3-7-17)25(15-19-9-5-13-30-19)21(26)14-18-8-4-12-29-18/h4-5,8-13,17,22H,2-3,6-7,14-15H2,1H3,(H,24,27). The predicted octanol–water partition coefficient (Wildman–Crippen LogP) is 5.08. The number of aryl methyl sites for hydroxylation is 1. The van der Waals surface area contributed by atoms with E-state index in [-0.39, 0.29) is 24.3 Å². The zero-order valence-electron chi connectivity index (χ0n) is 17.0. The molecule has 1 saturated carbocycles. The fraction of sp³-hybridized carbons (Fsp3) is 0.391. The molecule has 5 nitrogen and oxygen atoms in total. The number of hydrogen-bond donors (Lipinski definition) is 1. The molecule has 0 radical (unpaired) electrons. The summed E-state index contributed by atoms with van der Waals surface area (Å²) in [5.74, 6) is 1.00. The molecule has 0 saturated heterocycles. The Hall–Kier alpha value is -2.38. The highest BCUT2D eigenvalue weighted by molar-refractivity contribution is 7.10. The molecule has 0 bridgehead atoms. The van der Waals surface area contributed by atoms with E-state index >= 15 is 0 Å². The topological polar surface area (TPSA) is 62.6 Å². The number of nitrogens with one attached hydrogen (secondary N) is 1. The molecular weight excluding hydrogens is 416 g/mol. The van der Waals surface area contributed by atoms with Crippen LogP contribution >= 0.6 is 22.7 Å². The van der Waals surface area contributed by atoms with Gasteiger partial charge in [-0.3, -0.25) is 9.59 Å². The summed E-state index contributed by atoms with van der Waals surface area (Å²) < 4.78 is 5.87. The second kappa shape index (κ2) is 9.62. The molecule has 1 aliphatic carbocycles. The Labute approximate surface area is 184 Å². The van der Waals surface area contributed by atoms with Gasteiger partial charge >= 0.3 is 0 Å². The maximum Gasteiger partial charge on any atom is 0.250 e. The second-order valence-electron chi connectivity index (χ2n) is 7.70. The number of carbonyl (C=O) groups excluding carboxylic acids is 2. The molecule has 2 amide bonds. The number of thiophene rings is 2. The van der Waals surface area contributed by atoms with Gasteiger partial charge < -0.3 is 14.6 Å². The van der Waals surface area contributed by atoms with E-state index in [2.05, 4.69) is 5.32 Å². The molecule has 3 heterocycles. The molecule has 3 aromatic rings. The zero-order chi connectivity index (χ0) is 20.9. The summed E-state index contributed by atoms with van der Waals surface area (Å²) >= 11 is 3.14. The number of carbonyl (C=O) groups is 2. The SMILES string of the molecule is Cc1ccc(C(C(=O)NC2CCCC2)N(Cc2cccs2)C(=O)Cc2cccs2)o1. The Morgan fingerprint density at radius 3 is 2.40 bits per heavy atom. The van der Waals surface area contributed by atoms with Gasteiger partial charge in [0.15, 0.2) is 6.04 Å². The van der Waals surface area contributed by atoms with E-state index in [9.17, 15) is 9.59 Å². The lowest BCUT2D eigenvalue weighted by Gasteiger charge is -2.30. The third-order valence-corrected chi connectivity index (χ3v) is 7.16. The van der Waals surface area contributed by atoms with Gasteiger partial charge in [0.25, 0.3) is 5.91 Å². The van der Waals surface area contributed by atoms with Gasteiger partial charge in [0, 0.05) is 15.8 Å². The van der Waals surface area contributed by atoms with Crippen LogP contribution in [0.15, 0.2) is 51.6 Å². The molecule has 4 rings (SSSR count). The van der Waals surface area contributed by atoms with Crippen LogP contribution in [-0.2, 0) is 22.6 Å². The molecule has 30 heavy (non-hydrogen) atoms. The van der Waals surface area contributed by atoms with Crippen molar-refractivity contribution in [3.05, 3.63) is 68.4 Å². The average Bonchev–Trinajstić information content (AvgIpc) is 3.51. The summed E-state index contributed by atoms with van der Waals surface area (Å²) in [6.07, 6.45) is 4.51. The number of furan rings is 1. The molecule has 7 heteroatoms. The van der Waals surface area contributed by atoms with Gasteiger partial charge in [-0.05, 0) is 54.8 Å². The van der Waals surface area contributed by atoms with Crippen LogP contribution in [0.3, 0.4) is 0 Å². The van der Waals surface area contributed by atoms with Crippen molar-refractivity contribution in [1.29, 1.82) is 0 Å². The van der Waals surface area contributed by atoms with Gasteiger partial charge in [-0.15, -0.1) is 22.7 Å². The molecule has 1 atom stereocenters. The van der Waals surface area contributed by atoms with Crippen LogP contribution in [0.1, 0.15) is 53.0 Å². The van der Waals surface area contributed by atoms with Crippen molar-refractivity contribution in [3.63, 3.8) is 0 Å². The van der Waals surface area contributed by atoms with E-state index < -0.39 is 6.04 Å². The molecule has 1 aliphatic rings. The van der Waals surface area contributed by atoms with Gasteiger partial charge in [0.2, 0.25) is 5.91 Å². The minimum absolute atomic E-state index is 0.0773. The van der Waals surface area contributed by atoms with Crippen molar-refractivity contribution >= 4 is 34.5 Å². The van der Waals surface area contributed by atoms with Crippen LogP contribution < -0.4 is 5.32 Å². The van der Waals surface area contributed by atoms with Crippen molar-refractivity contribution in [2.24, 2.45) is 0 Å². The summed E-state index contributed by atoms with van der Waals surface area (Å²) in [6, 6.07) is 10.9. The van der Waals surface area contributed by atoms with E-state index in [0.29, 0.717) is 12.3 Å². The quantitative estimate of drug-likeness (QED) is 0.529. The van der Waals surface area contributed by atoms with Crippen molar-refractivity contribution < 1.29 is 14.0 Å².